The number of thiocarbonyl (C=S) groups is 1. The normalized spacial score (nSPS) is 30.4. The Balaban J connectivity index is 2.24. The van der Waals surface area contributed by atoms with E-state index in [1.807, 2.05) is 13.8 Å². The van der Waals surface area contributed by atoms with Gasteiger partial charge in [0.2, 0.25) is 0 Å². The summed E-state index contributed by atoms with van der Waals surface area (Å²) >= 11 is 5.03. The van der Waals surface area contributed by atoms with Crippen molar-refractivity contribution in [3.8, 4) is 0 Å². The van der Waals surface area contributed by atoms with E-state index in [1.54, 1.807) is 9.80 Å². The molecule has 2 saturated heterocycles. The highest BCUT2D eigenvalue weighted by molar-refractivity contribution is 7.80. The lowest BCUT2D eigenvalue weighted by atomic mass is 10.4. The smallest absolute Gasteiger partial charge is 0.323 e. The molecular formula is C8H14N4OS. The zero-order valence-corrected chi connectivity index (χ0v) is 9.10. The van der Waals surface area contributed by atoms with Crippen LogP contribution in [0.3, 0.4) is 0 Å². The minimum Gasteiger partial charge on any atom is -0.339 e. The van der Waals surface area contributed by atoms with Gasteiger partial charge in [0.1, 0.15) is 12.3 Å². The van der Waals surface area contributed by atoms with Crippen LogP contribution in [-0.2, 0) is 0 Å². The summed E-state index contributed by atoms with van der Waals surface area (Å²) in [7, 11) is 0. The lowest BCUT2D eigenvalue weighted by Gasteiger charge is -2.20. The number of carbonyl (C=O) groups excluding carboxylic acids is 1. The molecule has 2 rings (SSSR count). The van der Waals surface area contributed by atoms with E-state index in [9.17, 15) is 4.79 Å². The van der Waals surface area contributed by atoms with Crippen LogP contribution in [0, 0.1) is 0 Å². The Morgan fingerprint density at radius 2 is 1.64 bits per heavy atom. The number of fused-ring (bicyclic) bond motifs is 1. The van der Waals surface area contributed by atoms with Crippen molar-refractivity contribution in [1.82, 2.24) is 20.4 Å². The maximum atomic E-state index is 11.8. The lowest BCUT2D eigenvalue weighted by molar-refractivity contribution is 0.186. The summed E-state index contributed by atoms with van der Waals surface area (Å²) in [6.07, 6.45) is -0.0000926. The average Bonchev–Trinajstić information content (AvgIpc) is 2.59. The second-order valence-corrected chi connectivity index (χ2v) is 3.77. The van der Waals surface area contributed by atoms with E-state index >= 15 is 0 Å². The fraction of sp³-hybridized carbons (Fsp3) is 0.750. The Morgan fingerprint density at radius 3 is 2.00 bits per heavy atom. The zero-order valence-electron chi connectivity index (χ0n) is 8.28. The Morgan fingerprint density at radius 1 is 1.21 bits per heavy atom. The van der Waals surface area contributed by atoms with Gasteiger partial charge in [-0.3, -0.25) is 0 Å². The molecule has 0 aromatic rings. The first-order valence-electron chi connectivity index (χ1n) is 4.83. The highest BCUT2D eigenvalue weighted by Gasteiger charge is 2.48. The van der Waals surface area contributed by atoms with E-state index in [4.69, 9.17) is 12.2 Å². The molecule has 0 aromatic carbocycles. The summed E-state index contributed by atoms with van der Waals surface area (Å²) in [5.74, 6) is 0. The van der Waals surface area contributed by atoms with Crippen LogP contribution < -0.4 is 10.6 Å². The van der Waals surface area contributed by atoms with Crippen LogP contribution in [0.2, 0.25) is 0 Å². The fourth-order valence-corrected chi connectivity index (χ4v) is 2.27. The van der Waals surface area contributed by atoms with E-state index in [0.29, 0.717) is 18.2 Å². The van der Waals surface area contributed by atoms with Gasteiger partial charge < -0.3 is 20.4 Å². The van der Waals surface area contributed by atoms with Crippen LogP contribution in [-0.4, -0.2) is 46.4 Å². The van der Waals surface area contributed by atoms with Gasteiger partial charge in [-0.05, 0) is 26.1 Å². The van der Waals surface area contributed by atoms with Crippen molar-refractivity contribution in [3.05, 3.63) is 0 Å². The predicted octanol–water partition coefficient (Wildman–Crippen LogP) is -0.106. The van der Waals surface area contributed by atoms with Gasteiger partial charge >= 0.3 is 6.03 Å². The van der Waals surface area contributed by atoms with Crippen molar-refractivity contribution in [2.45, 2.75) is 26.2 Å². The summed E-state index contributed by atoms with van der Waals surface area (Å²) in [4.78, 5) is 15.4. The van der Waals surface area contributed by atoms with Gasteiger partial charge in [0.05, 0.1) is 0 Å². The number of carbonyl (C=O) groups is 1. The SMILES string of the molecule is CCN1C(=O)N(CC)[C@@H]2NC(=S)N[C@H]21. The molecule has 5 nitrogen and oxygen atoms in total. The monoisotopic (exact) mass is 214 g/mol. The number of likely N-dealkylation sites (N-methyl/N-ethyl adjacent to an activating group) is 2. The molecule has 2 fully saturated rings. The topological polar surface area (TPSA) is 47.6 Å². The molecule has 0 aromatic heterocycles. The number of amides is 2. The molecule has 2 aliphatic heterocycles. The highest BCUT2D eigenvalue weighted by atomic mass is 32.1. The third kappa shape index (κ3) is 1.13. The van der Waals surface area contributed by atoms with Gasteiger partial charge in [-0.25, -0.2) is 4.79 Å². The van der Waals surface area contributed by atoms with Gasteiger partial charge in [0.15, 0.2) is 5.11 Å². The van der Waals surface area contributed by atoms with Gasteiger partial charge in [-0.1, -0.05) is 0 Å². The minimum absolute atomic E-state index is 0.0000463. The summed E-state index contributed by atoms with van der Waals surface area (Å²) in [6, 6.07) is 0.0764. The van der Waals surface area contributed by atoms with Gasteiger partial charge in [0.25, 0.3) is 0 Å². The first-order valence-corrected chi connectivity index (χ1v) is 5.24. The second kappa shape index (κ2) is 3.27. The standard InChI is InChI=1S/C8H14N4OS/c1-3-11-5-6(10-7(14)9-5)12(4-2)8(11)13/h5-6H,3-4H2,1-2H3,(H2,9,10,14)/t5-,6-/m0/s1. The predicted molar refractivity (Wildman–Crippen MR) is 56.6 cm³/mol. The first kappa shape index (κ1) is 9.51. The number of hydrogen-bond donors (Lipinski definition) is 2. The van der Waals surface area contributed by atoms with Crippen molar-refractivity contribution in [2.24, 2.45) is 0 Å². The van der Waals surface area contributed by atoms with Crippen molar-refractivity contribution in [1.29, 1.82) is 0 Å². The molecule has 0 saturated carbocycles. The molecule has 6 heteroatoms. The van der Waals surface area contributed by atoms with E-state index in [-0.39, 0.29) is 18.4 Å². The van der Waals surface area contributed by atoms with Crippen LogP contribution in [0.15, 0.2) is 0 Å². The Labute approximate surface area is 88.4 Å². The lowest BCUT2D eigenvalue weighted by Crippen LogP contribution is -2.43. The molecule has 2 atom stereocenters. The molecule has 0 unspecified atom stereocenters. The number of hydrogen-bond acceptors (Lipinski definition) is 2. The molecule has 0 bridgehead atoms. The summed E-state index contributed by atoms with van der Waals surface area (Å²) < 4.78 is 0. The van der Waals surface area contributed by atoms with E-state index in [0.717, 1.165) is 0 Å². The Kier molecular flexibility index (Phi) is 2.22. The van der Waals surface area contributed by atoms with Gasteiger partial charge in [-0.2, -0.15) is 0 Å². The maximum Gasteiger partial charge on any atom is 0.323 e. The molecule has 14 heavy (non-hydrogen) atoms. The molecule has 2 aliphatic rings. The summed E-state index contributed by atoms with van der Waals surface area (Å²) in [6.45, 7) is 5.34. The van der Waals surface area contributed by atoms with Crippen LogP contribution in [0.25, 0.3) is 0 Å². The Bertz CT molecular complexity index is 259. The van der Waals surface area contributed by atoms with Crippen molar-refractivity contribution in [3.63, 3.8) is 0 Å². The van der Waals surface area contributed by atoms with Crippen LogP contribution >= 0.6 is 12.2 Å². The van der Waals surface area contributed by atoms with Crippen LogP contribution in [0.5, 0.6) is 0 Å². The number of rotatable bonds is 2. The molecular weight excluding hydrogens is 200 g/mol. The molecule has 78 valence electrons. The molecule has 2 N–H and O–H groups in total. The van der Waals surface area contributed by atoms with Crippen LogP contribution in [0.4, 0.5) is 4.79 Å². The fourth-order valence-electron chi connectivity index (χ4n) is 2.03. The molecule has 2 amide bonds. The third-order valence-corrected chi connectivity index (χ3v) is 2.94. The van der Waals surface area contributed by atoms with Gasteiger partial charge in [0, 0.05) is 13.1 Å². The van der Waals surface area contributed by atoms with Crippen molar-refractivity contribution in [2.75, 3.05) is 13.1 Å². The molecule has 0 aliphatic carbocycles. The summed E-state index contributed by atoms with van der Waals surface area (Å²) in [5, 5.41) is 6.82. The Hall–Kier alpha value is -1.04. The first-order chi connectivity index (χ1) is 6.69. The largest absolute Gasteiger partial charge is 0.339 e. The zero-order chi connectivity index (χ0) is 10.3. The van der Waals surface area contributed by atoms with Crippen molar-refractivity contribution < 1.29 is 4.79 Å². The molecule has 2 heterocycles. The highest BCUT2D eigenvalue weighted by Crippen LogP contribution is 2.22. The maximum absolute atomic E-state index is 11.8. The van der Waals surface area contributed by atoms with Crippen LogP contribution in [0.1, 0.15) is 13.8 Å². The van der Waals surface area contributed by atoms with Crippen molar-refractivity contribution >= 4 is 23.4 Å². The summed E-state index contributed by atoms with van der Waals surface area (Å²) in [5.41, 5.74) is 0. The van der Waals surface area contributed by atoms with E-state index in [2.05, 4.69) is 10.6 Å². The third-order valence-electron chi connectivity index (χ3n) is 2.70. The minimum atomic E-state index is -0.0000463. The van der Waals surface area contributed by atoms with E-state index in [1.165, 1.54) is 0 Å². The quantitative estimate of drug-likeness (QED) is 0.630. The second-order valence-electron chi connectivity index (χ2n) is 3.36. The van der Waals surface area contributed by atoms with Gasteiger partial charge in [-0.15, -0.1) is 0 Å². The number of nitrogens with one attached hydrogen (secondary N) is 2. The average molecular weight is 214 g/mol. The number of urea groups is 1. The molecule has 0 spiro atoms. The number of nitrogens with zero attached hydrogens (tertiary/aromatic N) is 2. The molecule has 0 radical (unpaired) electrons. The van der Waals surface area contributed by atoms with E-state index < -0.39 is 0 Å².